The maximum Gasteiger partial charge on any atom is 0.331 e. The van der Waals surface area contributed by atoms with Crippen LogP contribution in [0.2, 0.25) is 5.02 Å². The van der Waals surface area contributed by atoms with E-state index >= 15 is 0 Å². The summed E-state index contributed by atoms with van der Waals surface area (Å²) in [6.45, 7) is 4.57. The average molecular weight is 338 g/mol. The number of rotatable bonds is 4. The molecule has 0 bridgehead atoms. The molecule has 1 amide bonds. The molecule has 0 saturated carbocycles. The highest BCUT2D eigenvalue weighted by atomic mass is 35.5. The number of esters is 1. The molecule has 0 aromatic heterocycles. The van der Waals surface area contributed by atoms with Gasteiger partial charge in [-0.25, -0.2) is 4.79 Å². The number of nitrogens with zero attached hydrogens (tertiary/aromatic N) is 1. The van der Waals surface area contributed by atoms with E-state index in [4.69, 9.17) is 21.1 Å². The minimum Gasteiger partial charge on any atom is -0.452 e. The SMILES string of the molecule is C[C@H]1CN(C(=O)COC(=O)/C=C/c2ccccc2Cl)C[C@H](C)O1. The highest BCUT2D eigenvalue weighted by molar-refractivity contribution is 6.32. The van der Waals surface area contributed by atoms with Gasteiger partial charge in [-0.15, -0.1) is 0 Å². The van der Waals surface area contributed by atoms with Gasteiger partial charge < -0.3 is 14.4 Å². The highest BCUT2D eigenvalue weighted by Gasteiger charge is 2.26. The summed E-state index contributed by atoms with van der Waals surface area (Å²) in [5.41, 5.74) is 0.716. The summed E-state index contributed by atoms with van der Waals surface area (Å²) in [6.07, 6.45) is 2.80. The van der Waals surface area contributed by atoms with E-state index in [9.17, 15) is 9.59 Å². The van der Waals surface area contributed by atoms with Crippen molar-refractivity contribution in [3.8, 4) is 0 Å². The normalized spacial score (nSPS) is 21.4. The van der Waals surface area contributed by atoms with Gasteiger partial charge in [-0.1, -0.05) is 29.8 Å². The Kier molecular flexibility index (Phi) is 6.19. The van der Waals surface area contributed by atoms with E-state index in [-0.39, 0.29) is 24.7 Å². The minimum atomic E-state index is -0.576. The Hall–Kier alpha value is -1.85. The topological polar surface area (TPSA) is 55.8 Å². The molecule has 0 unspecified atom stereocenters. The lowest BCUT2D eigenvalue weighted by molar-refractivity contribution is -0.154. The molecule has 1 aliphatic rings. The van der Waals surface area contributed by atoms with Crippen LogP contribution >= 0.6 is 11.6 Å². The molecule has 124 valence electrons. The zero-order valence-electron chi connectivity index (χ0n) is 13.2. The van der Waals surface area contributed by atoms with Crippen LogP contribution in [-0.4, -0.2) is 48.7 Å². The van der Waals surface area contributed by atoms with E-state index in [1.807, 2.05) is 19.9 Å². The Morgan fingerprint density at radius 3 is 2.61 bits per heavy atom. The van der Waals surface area contributed by atoms with E-state index < -0.39 is 5.97 Å². The lowest BCUT2D eigenvalue weighted by Gasteiger charge is -2.35. The number of benzene rings is 1. The summed E-state index contributed by atoms with van der Waals surface area (Å²) in [5.74, 6) is -0.792. The molecule has 2 rings (SSSR count). The first-order valence-electron chi connectivity index (χ1n) is 7.48. The lowest BCUT2D eigenvalue weighted by Crippen LogP contribution is -2.49. The van der Waals surface area contributed by atoms with E-state index in [0.29, 0.717) is 23.7 Å². The van der Waals surface area contributed by atoms with Gasteiger partial charge in [0.1, 0.15) is 0 Å². The maximum absolute atomic E-state index is 12.1. The summed E-state index contributed by atoms with van der Waals surface area (Å²) in [7, 11) is 0. The van der Waals surface area contributed by atoms with Crippen molar-refractivity contribution in [1.82, 2.24) is 4.90 Å². The number of amides is 1. The predicted molar refractivity (Wildman–Crippen MR) is 88.0 cm³/mol. The van der Waals surface area contributed by atoms with Crippen LogP contribution in [0.1, 0.15) is 19.4 Å². The van der Waals surface area contributed by atoms with Crippen molar-refractivity contribution in [2.45, 2.75) is 26.1 Å². The van der Waals surface area contributed by atoms with Gasteiger partial charge >= 0.3 is 5.97 Å². The Balaban J connectivity index is 1.82. The Labute approximate surface area is 140 Å². The summed E-state index contributed by atoms with van der Waals surface area (Å²) < 4.78 is 10.6. The van der Waals surface area contributed by atoms with Crippen molar-refractivity contribution in [2.24, 2.45) is 0 Å². The van der Waals surface area contributed by atoms with Gasteiger partial charge in [-0.05, 0) is 31.6 Å². The molecule has 1 aromatic carbocycles. The molecule has 0 N–H and O–H groups in total. The van der Waals surface area contributed by atoms with Crippen LogP contribution in [0.25, 0.3) is 6.08 Å². The van der Waals surface area contributed by atoms with Gasteiger partial charge in [-0.3, -0.25) is 4.79 Å². The lowest BCUT2D eigenvalue weighted by atomic mass is 10.2. The van der Waals surface area contributed by atoms with Crippen molar-refractivity contribution in [1.29, 1.82) is 0 Å². The van der Waals surface area contributed by atoms with Crippen LogP contribution in [0.4, 0.5) is 0 Å². The molecule has 5 nitrogen and oxygen atoms in total. The van der Waals surface area contributed by atoms with E-state index in [1.165, 1.54) is 6.08 Å². The van der Waals surface area contributed by atoms with Gasteiger partial charge in [0.05, 0.1) is 12.2 Å². The van der Waals surface area contributed by atoms with Crippen LogP contribution in [0.15, 0.2) is 30.3 Å². The molecule has 0 spiro atoms. The summed E-state index contributed by atoms with van der Waals surface area (Å²) in [6, 6.07) is 7.15. The summed E-state index contributed by atoms with van der Waals surface area (Å²) in [4.78, 5) is 25.4. The number of halogens is 1. The molecular formula is C17H20ClNO4. The number of morpholine rings is 1. The van der Waals surface area contributed by atoms with Gasteiger partial charge in [0.25, 0.3) is 5.91 Å². The molecule has 6 heteroatoms. The number of hydrogen-bond donors (Lipinski definition) is 0. The number of carbonyl (C=O) groups is 2. The summed E-state index contributed by atoms with van der Waals surface area (Å²) in [5, 5.41) is 0.545. The molecule has 1 heterocycles. The van der Waals surface area contributed by atoms with E-state index in [2.05, 4.69) is 0 Å². The summed E-state index contributed by atoms with van der Waals surface area (Å²) >= 11 is 5.99. The predicted octanol–water partition coefficient (Wildman–Crippen LogP) is 2.53. The van der Waals surface area contributed by atoms with Crippen LogP contribution in [0.5, 0.6) is 0 Å². The molecule has 1 fully saturated rings. The van der Waals surface area contributed by atoms with Gasteiger partial charge in [0, 0.05) is 24.2 Å². The molecule has 23 heavy (non-hydrogen) atoms. The molecule has 1 saturated heterocycles. The highest BCUT2D eigenvalue weighted by Crippen LogP contribution is 2.16. The molecule has 1 aromatic rings. The second-order valence-electron chi connectivity index (χ2n) is 5.52. The number of ether oxygens (including phenoxy) is 2. The van der Waals surface area contributed by atoms with Crippen molar-refractivity contribution < 1.29 is 19.1 Å². The van der Waals surface area contributed by atoms with Crippen molar-refractivity contribution in [3.63, 3.8) is 0 Å². The smallest absolute Gasteiger partial charge is 0.331 e. The third-order valence-electron chi connectivity index (χ3n) is 3.41. The first-order valence-corrected chi connectivity index (χ1v) is 7.86. The quantitative estimate of drug-likeness (QED) is 0.626. The molecular weight excluding hydrogens is 318 g/mol. The van der Waals surface area contributed by atoms with Gasteiger partial charge in [-0.2, -0.15) is 0 Å². The first-order chi connectivity index (χ1) is 11.0. The molecule has 0 aliphatic carbocycles. The third-order valence-corrected chi connectivity index (χ3v) is 3.76. The Bertz CT molecular complexity index is 592. The second kappa shape index (κ2) is 8.13. The van der Waals surface area contributed by atoms with Crippen LogP contribution < -0.4 is 0 Å². The molecule has 0 radical (unpaired) electrons. The van der Waals surface area contributed by atoms with Crippen molar-refractivity contribution in [2.75, 3.05) is 19.7 Å². The van der Waals surface area contributed by atoms with Gasteiger partial charge in [0.2, 0.25) is 0 Å². The van der Waals surface area contributed by atoms with Crippen LogP contribution in [0.3, 0.4) is 0 Å². The monoisotopic (exact) mass is 337 g/mol. The zero-order valence-corrected chi connectivity index (χ0v) is 14.0. The zero-order chi connectivity index (χ0) is 16.8. The second-order valence-corrected chi connectivity index (χ2v) is 5.93. The third kappa shape index (κ3) is 5.37. The largest absolute Gasteiger partial charge is 0.452 e. The van der Waals surface area contributed by atoms with E-state index in [0.717, 1.165) is 0 Å². The van der Waals surface area contributed by atoms with Crippen molar-refractivity contribution in [3.05, 3.63) is 40.9 Å². The first kappa shape index (κ1) is 17.5. The number of hydrogen-bond acceptors (Lipinski definition) is 4. The molecule has 2 atom stereocenters. The molecule has 1 aliphatic heterocycles. The fourth-order valence-electron chi connectivity index (χ4n) is 2.42. The Morgan fingerprint density at radius 1 is 1.30 bits per heavy atom. The van der Waals surface area contributed by atoms with Crippen molar-refractivity contribution >= 4 is 29.6 Å². The fourth-order valence-corrected chi connectivity index (χ4v) is 2.62. The number of carbonyl (C=O) groups excluding carboxylic acids is 2. The standard InChI is InChI=1S/C17H20ClNO4/c1-12-9-19(10-13(2)23-12)16(20)11-22-17(21)8-7-14-5-3-4-6-15(14)18/h3-8,12-13H,9-11H2,1-2H3/b8-7+/t12-,13-/m0/s1. The van der Waals surface area contributed by atoms with Crippen LogP contribution in [0, 0.1) is 0 Å². The maximum atomic E-state index is 12.1. The van der Waals surface area contributed by atoms with E-state index in [1.54, 1.807) is 29.2 Å². The van der Waals surface area contributed by atoms with Crippen LogP contribution in [-0.2, 0) is 19.1 Å². The fraction of sp³-hybridized carbons (Fsp3) is 0.412. The Morgan fingerprint density at radius 2 is 1.96 bits per heavy atom. The van der Waals surface area contributed by atoms with Gasteiger partial charge in [0.15, 0.2) is 6.61 Å². The minimum absolute atomic E-state index is 0.0153. The average Bonchev–Trinajstić information content (AvgIpc) is 2.51.